The molecule has 2 aromatic rings. The average Bonchev–Trinajstić information content (AvgIpc) is 3.07. The van der Waals surface area contributed by atoms with Gasteiger partial charge in [-0.15, -0.1) is 0 Å². The maximum Gasteiger partial charge on any atom is 0.435 e. The molecule has 0 saturated carbocycles. The van der Waals surface area contributed by atoms with Crippen LogP contribution in [0.4, 0.5) is 26.3 Å². The molecule has 0 N–H and O–H groups in total. The van der Waals surface area contributed by atoms with Gasteiger partial charge in [-0.3, -0.25) is 0 Å². The van der Waals surface area contributed by atoms with Crippen LogP contribution in [0, 0.1) is 5.92 Å². The smallest absolute Gasteiger partial charge is 0.435 e. The van der Waals surface area contributed by atoms with Crippen molar-refractivity contribution in [1.82, 2.24) is 9.78 Å². The highest BCUT2D eigenvalue weighted by atomic mass is 19.4. The Labute approximate surface area is 150 Å². The SMILES string of the molecule is FC(F)(F)c1cc(C(F)(F)F)n(-c2ccc(OCC3CCCOC3)cc2)n1. The molecular weight excluding hydrogens is 378 g/mol. The largest absolute Gasteiger partial charge is 0.493 e. The third-order valence-electron chi connectivity index (χ3n) is 4.11. The van der Waals surface area contributed by atoms with Crippen molar-refractivity contribution < 1.29 is 35.8 Å². The Morgan fingerprint density at radius 3 is 2.33 bits per heavy atom. The van der Waals surface area contributed by atoms with Crippen LogP contribution in [-0.2, 0) is 17.1 Å². The van der Waals surface area contributed by atoms with Gasteiger partial charge >= 0.3 is 12.4 Å². The van der Waals surface area contributed by atoms with Crippen molar-refractivity contribution in [2.24, 2.45) is 5.92 Å². The van der Waals surface area contributed by atoms with Crippen molar-refractivity contribution in [2.75, 3.05) is 19.8 Å². The zero-order chi connectivity index (χ0) is 19.7. The lowest BCUT2D eigenvalue weighted by atomic mass is 10.0. The Morgan fingerprint density at radius 2 is 1.78 bits per heavy atom. The zero-order valence-electron chi connectivity index (χ0n) is 14.0. The van der Waals surface area contributed by atoms with Crippen LogP contribution in [0.15, 0.2) is 30.3 Å². The molecule has 2 heterocycles. The van der Waals surface area contributed by atoms with Gasteiger partial charge in [0.05, 0.1) is 18.9 Å². The molecule has 1 fully saturated rings. The number of aromatic nitrogens is 2. The second-order valence-corrected chi connectivity index (χ2v) is 6.21. The highest BCUT2D eigenvalue weighted by Gasteiger charge is 2.42. The van der Waals surface area contributed by atoms with Crippen molar-refractivity contribution in [3.8, 4) is 11.4 Å². The van der Waals surface area contributed by atoms with Crippen LogP contribution in [0.1, 0.15) is 24.2 Å². The van der Waals surface area contributed by atoms with E-state index in [1.807, 2.05) is 0 Å². The third-order valence-corrected chi connectivity index (χ3v) is 4.11. The average molecular weight is 394 g/mol. The van der Waals surface area contributed by atoms with E-state index in [1.165, 1.54) is 24.3 Å². The first-order valence-electron chi connectivity index (χ1n) is 8.20. The first-order chi connectivity index (χ1) is 12.6. The van der Waals surface area contributed by atoms with Crippen LogP contribution in [0.5, 0.6) is 5.75 Å². The van der Waals surface area contributed by atoms with Gasteiger partial charge in [-0.25, -0.2) is 4.68 Å². The van der Waals surface area contributed by atoms with Gasteiger partial charge in [0.25, 0.3) is 0 Å². The van der Waals surface area contributed by atoms with Gasteiger partial charge in [0.15, 0.2) is 5.69 Å². The number of halogens is 6. The Kier molecular flexibility index (Phi) is 5.36. The predicted octanol–water partition coefficient (Wildman–Crippen LogP) is 4.72. The van der Waals surface area contributed by atoms with Crippen LogP contribution in [0.3, 0.4) is 0 Å². The summed E-state index contributed by atoms with van der Waals surface area (Å²) in [6, 6.07) is 5.25. The molecular formula is C17H16F6N2O2. The molecule has 1 aliphatic heterocycles. The number of benzene rings is 1. The molecule has 1 saturated heterocycles. The second kappa shape index (κ2) is 7.41. The highest BCUT2D eigenvalue weighted by molar-refractivity contribution is 5.39. The Hall–Kier alpha value is -2.23. The summed E-state index contributed by atoms with van der Waals surface area (Å²) in [7, 11) is 0. The molecule has 1 aromatic heterocycles. The van der Waals surface area contributed by atoms with Gasteiger partial charge in [-0.05, 0) is 37.1 Å². The number of rotatable bonds is 4. The summed E-state index contributed by atoms with van der Waals surface area (Å²) in [5.74, 6) is 0.636. The summed E-state index contributed by atoms with van der Waals surface area (Å²) in [5.41, 5.74) is -3.25. The van der Waals surface area contributed by atoms with Crippen molar-refractivity contribution in [1.29, 1.82) is 0 Å². The van der Waals surface area contributed by atoms with E-state index in [-0.39, 0.29) is 22.4 Å². The molecule has 0 spiro atoms. The first kappa shape index (κ1) is 19.5. The van der Waals surface area contributed by atoms with Gasteiger partial charge in [-0.1, -0.05) is 0 Å². The molecule has 0 bridgehead atoms. The van der Waals surface area contributed by atoms with Crippen LogP contribution in [0.2, 0.25) is 0 Å². The minimum Gasteiger partial charge on any atom is -0.493 e. The van der Waals surface area contributed by atoms with E-state index in [1.54, 1.807) is 0 Å². The minimum absolute atomic E-state index is 0.00646. The van der Waals surface area contributed by atoms with Crippen molar-refractivity contribution >= 4 is 0 Å². The number of nitrogens with zero attached hydrogens (tertiary/aromatic N) is 2. The van der Waals surface area contributed by atoms with Crippen LogP contribution >= 0.6 is 0 Å². The molecule has 0 aliphatic carbocycles. The molecule has 27 heavy (non-hydrogen) atoms. The van der Waals surface area contributed by atoms with Gasteiger partial charge < -0.3 is 9.47 Å². The van der Waals surface area contributed by atoms with Gasteiger partial charge in [0.1, 0.15) is 11.4 Å². The van der Waals surface area contributed by atoms with Gasteiger partial charge in [0, 0.05) is 18.6 Å². The maximum atomic E-state index is 13.1. The summed E-state index contributed by atoms with van der Waals surface area (Å²) in [6.07, 6.45) is -8.06. The number of hydrogen-bond donors (Lipinski definition) is 0. The summed E-state index contributed by atoms with van der Waals surface area (Å²) in [5, 5.41) is 3.08. The molecule has 1 unspecified atom stereocenters. The molecule has 0 amide bonds. The molecule has 1 aromatic carbocycles. The lowest BCUT2D eigenvalue weighted by molar-refractivity contribution is -0.143. The second-order valence-electron chi connectivity index (χ2n) is 6.21. The summed E-state index contributed by atoms with van der Waals surface area (Å²) >= 11 is 0. The minimum atomic E-state index is -4.98. The van der Waals surface area contributed by atoms with Crippen LogP contribution in [-0.4, -0.2) is 29.6 Å². The highest BCUT2D eigenvalue weighted by Crippen LogP contribution is 2.36. The Bertz CT molecular complexity index is 761. The van der Waals surface area contributed by atoms with E-state index in [0.29, 0.717) is 19.0 Å². The van der Waals surface area contributed by atoms with E-state index >= 15 is 0 Å². The summed E-state index contributed by atoms with van der Waals surface area (Å²) in [4.78, 5) is 0. The van der Waals surface area contributed by atoms with Crippen molar-refractivity contribution in [3.05, 3.63) is 41.7 Å². The van der Waals surface area contributed by atoms with Crippen LogP contribution in [0.25, 0.3) is 5.69 Å². The number of hydrogen-bond acceptors (Lipinski definition) is 3. The molecule has 148 valence electrons. The Morgan fingerprint density at radius 1 is 1.07 bits per heavy atom. The molecule has 10 heteroatoms. The quantitative estimate of drug-likeness (QED) is 0.705. The van der Waals surface area contributed by atoms with E-state index in [0.717, 1.165) is 19.4 Å². The third kappa shape index (κ3) is 4.74. The van der Waals surface area contributed by atoms with Crippen molar-refractivity contribution in [2.45, 2.75) is 25.2 Å². The Balaban J connectivity index is 1.79. The fourth-order valence-electron chi connectivity index (χ4n) is 2.75. The van der Waals surface area contributed by atoms with Gasteiger partial charge in [-0.2, -0.15) is 31.4 Å². The molecule has 4 nitrogen and oxygen atoms in total. The van der Waals surface area contributed by atoms with E-state index in [4.69, 9.17) is 9.47 Å². The maximum absolute atomic E-state index is 13.1. The molecule has 0 radical (unpaired) electrons. The molecule has 1 aliphatic rings. The fraction of sp³-hybridized carbons (Fsp3) is 0.471. The fourth-order valence-corrected chi connectivity index (χ4v) is 2.75. The first-order valence-corrected chi connectivity index (χ1v) is 8.20. The normalized spacial score (nSPS) is 18.5. The van der Waals surface area contributed by atoms with Crippen LogP contribution < -0.4 is 4.74 Å². The van der Waals surface area contributed by atoms with E-state index in [2.05, 4.69) is 5.10 Å². The lowest BCUT2D eigenvalue weighted by Crippen LogP contribution is -2.23. The topological polar surface area (TPSA) is 36.3 Å². The summed E-state index contributed by atoms with van der Waals surface area (Å²) in [6.45, 7) is 1.70. The zero-order valence-corrected chi connectivity index (χ0v) is 14.0. The van der Waals surface area contributed by atoms with E-state index in [9.17, 15) is 26.3 Å². The van der Waals surface area contributed by atoms with E-state index < -0.39 is 23.7 Å². The summed E-state index contributed by atoms with van der Waals surface area (Å²) < 4.78 is 88.6. The molecule has 1 atom stereocenters. The van der Waals surface area contributed by atoms with Gasteiger partial charge in [0.2, 0.25) is 0 Å². The lowest BCUT2D eigenvalue weighted by Gasteiger charge is -2.22. The monoisotopic (exact) mass is 394 g/mol. The predicted molar refractivity (Wildman–Crippen MR) is 82.6 cm³/mol. The number of alkyl halides is 6. The molecule has 3 rings (SSSR count). The van der Waals surface area contributed by atoms with Crippen molar-refractivity contribution in [3.63, 3.8) is 0 Å². The standard InChI is InChI=1S/C17H16F6N2O2/c18-16(19,20)14-8-15(17(21,22)23)25(24-14)12-3-5-13(6-4-12)27-10-11-2-1-7-26-9-11/h3-6,8,11H,1-2,7,9-10H2. The number of ether oxygens (including phenoxy) is 2.